The third-order valence-corrected chi connectivity index (χ3v) is 6.67. The topological polar surface area (TPSA) is 87.6 Å². The SMILES string of the molecule is CCc1cc(C)[nH]c(=O)c1CNC(=O)c1c(C)c(N(CC)C2CCOCC2)cc2occc12. The first kappa shape index (κ1) is 23.1. The largest absolute Gasteiger partial charge is 0.464 e. The Morgan fingerprint density at radius 1 is 1.21 bits per heavy atom. The highest BCUT2D eigenvalue weighted by molar-refractivity contribution is 6.09. The van der Waals surface area contributed by atoms with Gasteiger partial charge in [0.05, 0.1) is 11.8 Å². The summed E-state index contributed by atoms with van der Waals surface area (Å²) in [6.07, 6.45) is 4.27. The number of carbonyl (C=O) groups excluding carboxylic acids is 1. The Morgan fingerprint density at radius 3 is 2.67 bits per heavy atom. The fourth-order valence-electron chi connectivity index (χ4n) is 4.97. The number of nitrogens with zero attached hydrogens (tertiary/aromatic N) is 1. The Kier molecular flexibility index (Phi) is 6.88. The second-order valence-corrected chi connectivity index (χ2v) is 8.68. The number of ether oxygens (including phenoxy) is 1. The molecule has 3 heterocycles. The van der Waals surface area contributed by atoms with Gasteiger partial charge in [-0.3, -0.25) is 9.59 Å². The van der Waals surface area contributed by atoms with Crippen molar-refractivity contribution >= 4 is 22.6 Å². The van der Waals surface area contributed by atoms with Gasteiger partial charge < -0.3 is 24.4 Å². The van der Waals surface area contributed by atoms with Gasteiger partial charge >= 0.3 is 0 Å². The van der Waals surface area contributed by atoms with E-state index < -0.39 is 0 Å². The molecule has 33 heavy (non-hydrogen) atoms. The molecule has 1 amide bonds. The first-order valence-electron chi connectivity index (χ1n) is 11.8. The Hall–Kier alpha value is -3.06. The van der Waals surface area contributed by atoms with Gasteiger partial charge in [-0.25, -0.2) is 0 Å². The summed E-state index contributed by atoms with van der Waals surface area (Å²) in [7, 11) is 0. The van der Waals surface area contributed by atoms with E-state index in [1.165, 1.54) is 0 Å². The van der Waals surface area contributed by atoms with Crippen LogP contribution in [0.2, 0.25) is 0 Å². The average molecular weight is 452 g/mol. The lowest BCUT2D eigenvalue weighted by Gasteiger charge is -2.36. The quantitative estimate of drug-likeness (QED) is 0.561. The molecule has 176 valence electrons. The molecule has 2 aromatic heterocycles. The van der Waals surface area contributed by atoms with Crippen molar-refractivity contribution in [2.75, 3.05) is 24.7 Å². The summed E-state index contributed by atoms with van der Waals surface area (Å²) in [5.74, 6) is -0.203. The van der Waals surface area contributed by atoms with Crippen molar-refractivity contribution in [1.29, 1.82) is 0 Å². The number of hydrogen-bond acceptors (Lipinski definition) is 5. The lowest BCUT2D eigenvalue weighted by Crippen LogP contribution is -2.40. The number of aromatic nitrogens is 1. The van der Waals surface area contributed by atoms with Crippen molar-refractivity contribution in [3.63, 3.8) is 0 Å². The van der Waals surface area contributed by atoms with E-state index in [0.717, 1.165) is 66.9 Å². The molecule has 3 aromatic rings. The van der Waals surface area contributed by atoms with Crippen molar-refractivity contribution in [2.45, 2.75) is 59.5 Å². The third-order valence-electron chi connectivity index (χ3n) is 6.67. The molecule has 2 N–H and O–H groups in total. The highest BCUT2D eigenvalue weighted by atomic mass is 16.5. The summed E-state index contributed by atoms with van der Waals surface area (Å²) in [5.41, 5.74) is 5.45. The number of carbonyl (C=O) groups is 1. The number of aryl methyl sites for hydroxylation is 2. The van der Waals surface area contributed by atoms with E-state index in [-0.39, 0.29) is 18.0 Å². The molecule has 7 heteroatoms. The number of anilines is 1. The maximum Gasteiger partial charge on any atom is 0.253 e. The minimum atomic E-state index is -0.203. The first-order chi connectivity index (χ1) is 15.9. The molecule has 7 nitrogen and oxygen atoms in total. The van der Waals surface area contributed by atoms with E-state index in [9.17, 15) is 9.59 Å². The van der Waals surface area contributed by atoms with Gasteiger partial charge in [0.25, 0.3) is 11.5 Å². The monoisotopic (exact) mass is 451 g/mol. The minimum absolute atomic E-state index is 0.150. The van der Waals surface area contributed by atoms with Crippen LogP contribution in [-0.4, -0.2) is 36.7 Å². The molecule has 1 saturated heterocycles. The Bertz CT molecular complexity index is 1200. The zero-order valence-corrected chi connectivity index (χ0v) is 19.9. The van der Waals surface area contributed by atoms with Crippen LogP contribution in [0.25, 0.3) is 11.0 Å². The highest BCUT2D eigenvalue weighted by Gasteiger charge is 2.26. The zero-order chi connectivity index (χ0) is 23.5. The molecule has 0 unspecified atom stereocenters. The maximum absolute atomic E-state index is 13.5. The van der Waals surface area contributed by atoms with Crippen LogP contribution in [0.15, 0.2) is 33.7 Å². The normalized spacial score (nSPS) is 14.5. The van der Waals surface area contributed by atoms with Gasteiger partial charge in [0.1, 0.15) is 5.58 Å². The number of aromatic amines is 1. The second-order valence-electron chi connectivity index (χ2n) is 8.68. The van der Waals surface area contributed by atoms with Gasteiger partial charge in [0.2, 0.25) is 0 Å². The molecule has 1 aliphatic heterocycles. The van der Waals surface area contributed by atoms with Crippen molar-refractivity contribution in [1.82, 2.24) is 10.3 Å². The van der Waals surface area contributed by atoms with Gasteiger partial charge in [-0.05, 0) is 63.3 Å². The molecule has 1 aliphatic rings. The van der Waals surface area contributed by atoms with E-state index in [2.05, 4.69) is 22.1 Å². The minimum Gasteiger partial charge on any atom is -0.464 e. The fraction of sp³-hybridized carbons (Fsp3) is 0.462. The fourth-order valence-corrected chi connectivity index (χ4v) is 4.97. The second kappa shape index (κ2) is 9.83. The first-order valence-corrected chi connectivity index (χ1v) is 11.8. The van der Waals surface area contributed by atoms with E-state index in [0.29, 0.717) is 22.8 Å². The number of hydrogen-bond donors (Lipinski definition) is 2. The van der Waals surface area contributed by atoms with E-state index in [1.54, 1.807) is 6.26 Å². The zero-order valence-electron chi connectivity index (χ0n) is 19.9. The number of pyridine rings is 1. The lowest BCUT2D eigenvalue weighted by molar-refractivity contribution is 0.0846. The molecule has 0 spiro atoms. The van der Waals surface area contributed by atoms with Gasteiger partial charge in [0.15, 0.2) is 0 Å². The van der Waals surface area contributed by atoms with Crippen LogP contribution >= 0.6 is 0 Å². The molecule has 0 saturated carbocycles. The van der Waals surface area contributed by atoms with Crippen LogP contribution < -0.4 is 15.8 Å². The van der Waals surface area contributed by atoms with E-state index in [4.69, 9.17) is 9.15 Å². The van der Waals surface area contributed by atoms with Crippen LogP contribution in [0.5, 0.6) is 0 Å². The molecular weight excluding hydrogens is 418 g/mol. The van der Waals surface area contributed by atoms with Crippen molar-refractivity contribution in [3.05, 3.63) is 62.8 Å². The summed E-state index contributed by atoms with van der Waals surface area (Å²) < 4.78 is 11.3. The number of fused-ring (bicyclic) bond motifs is 1. The van der Waals surface area contributed by atoms with Crippen LogP contribution in [0.3, 0.4) is 0 Å². The molecule has 1 aromatic carbocycles. The van der Waals surface area contributed by atoms with E-state index >= 15 is 0 Å². The molecule has 0 aliphatic carbocycles. The number of amides is 1. The summed E-state index contributed by atoms with van der Waals surface area (Å²) in [6, 6.07) is 6.21. The summed E-state index contributed by atoms with van der Waals surface area (Å²) in [6.45, 7) is 10.5. The molecule has 0 radical (unpaired) electrons. The van der Waals surface area contributed by atoms with Gasteiger partial charge in [-0.15, -0.1) is 0 Å². The van der Waals surface area contributed by atoms with Crippen LogP contribution in [-0.2, 0) is 17.7 Å². The molecular formula is C26H33N3O4. The van der Waals surface area contributed by atoms with Gasteiger partial charge in [0, 0.05) is 60.7 Å². The Balaban J connectivity index is 1.69. The number of furan rings is 1. The highest BCUT2D eigenvalue weighted by Crippen LogP contribution is 2.34. The predicted molar refractivity (Wildman–Crippen MR) is 130 cm³/mol. The number of rotatable bonds is 7. The summed E-state index contributed by atoms with van der Waals surface area (Å²) in [5, 5.41) is 3.78. The number of nitrogens with one attached hydrogen (secondary N) is 2. The van der Waals surface area contributed by atoms with Crippen LogP contribution in [0, 0.1) is 13.8 Å². The smallest absolute Gasteiger partial charge is 0.253 e. The van der Waals surface area contributed by atoms with E-state index in [1.807, 2.05) is 39.0 Å². The molecule has 0 bridgehead atoms. The average Bonchev–Trinajstić information content (AvgIpc) is 3.27. The predicted octanol–water partition coefficient (Wildman–Crippen LogP) is 4.24. The molecule has 1 fully saturated rings. The van der Waals surface area contributed by atoms with Crippen molar-refractivity contribution in [3.8, 4) is 0 Å². The summed E-state index contributed by atoms with van der Waals surface area (Å²) in [4.78, 5) is 31.2. The third kappa shape index (κ3) is 4.55. The molecule has 4 rings (SSSR count). The number of benzene rings is 1. The Morgan fingerprint density at radius 2 is 1.97 bits per heavy atom. The number of H-pyrrole nitrogens is 1. The van der Waals surface area contributed by atoms with Gasteiger partial charge in [-0.2, -0.15) is 0 Å². The maximum atomic E-state index is 13.5. The van der Waals surface area contributed by atoms with Crippen LogP contribution in [0.4, 0.5) is 5.69 Å². The Labute approximate surface area is 194 Å². The van der Waals surface area contributed by atoms with Crippen molar-refractivity contribution in [2.24, 2.45) is 0 Å². The lowest BCUT2D eigenvalue weighted by atomic mass is 9.98. The summed E-state index contributed by atoms with van der Waals surface area (Å²) >= 11 is 0. The van der Waals surface area contributed by atoms with Gasteiger partial charge in [-0.1, -0.05) is 6.92 Å². The standard InChI is InChI=1S/C26H33N3O4/c1-5-18-13-16(3)28-25(30)21(18)15-27-26(31)24-17(4)22(14-23-20(24)9-12-33-23)29(6-2)19-7-10-32-11-8-19/h9,12-14,19H,5-8,10-11,15H2,1-4H3,(H,27,31)(H,28,30). The van der Waals surface area contributed by atoms with Crippen LogP contribution in [0.1, 0.15) is 59.4 Å². The molecule has 0 atom stereocenters. The van der Waals surface area contributed by atoms with Crippen molar-refractivity contribution < 1.29 is 13.9 Å².